The van der Waals surface area contributed by atoms with E-state index in [4.69, 9.17) is 0 Å². The SMILES string of the molecule is CC(C)(C)C1=CCN(CCC2CCNCC2)CC1. The number of nitrogens with one attached hydrogen (secondary N) is 1. The first-order chi connectivity index (χ1) is 8.55. The van der Waals surface area contributed by atoms with Crippen molar-refractivity contribution in [1.29, 1.82) is 0 Å². The third-order valence-electron chi connectivity index (χ3n) is 4.57. The molecule has 0 aromatic rings. The third kappa shape index (κ3) is 4.10. The molecule has 0 saturated carbocycles. The van der Waals surface area contributed by atoms with E-state index in [1.807, 2.05) is 0 Å². The van der Waals surface area contributed by atoms with Gasteiger partial charge in [-0.05, 0) is 56.7 Å². The lowest BCUT2D eigenvalue weighted by atomic mass is 9.83. The quantitative estimate of drug-likeness (QED) is 0.775. The molecule has 18 heavy (non-hydrogen) atoms. The summed E-state index contributed by atoms with van der Waals surface area (Å²) < 4.78 is 0. The Morgan fingerprint density at radius 2 is 2.00 bits per heavy atom. The third-order valence-corrected chi connectivity index (χ3v) is 4.57. The molecule has 2 heteroatoms. The van der Waals surface area contributed by atoms with Gasteiger partial charge in [0.25, 0.3) is 0 Å². The molecule has 104 valence electrons. The van der Waals surface area contributed by atoms with Gasteiger partial charge in [0.05, 0.1) is 0 Å². The molecule has 2 nitrogen and oxygen atoms in total. The smallest absolute Gasteiger partial charge is 0.0166 e. The van der Waals surface area contributed by atoms with Crippen LogP contribution in [0, 0.1) is 11.3 Å². The molecule has 0 bridgehead atoms. The summed E-state index contributed by atoms with van der Waals surface area (Å²) in [6.07, 6.45) is 7.93. The first-order valence-electron chi connectivity index (χ1n) is 7.68. The van der Waals surface area contributed by atoms with E-state index < -0.39 is 0 Å². The highest BCUT2D eigenvalue weighted by atomic mass is 15.1. The first kappa shape index (κ1) is 14.1. The van der Waals surface area contributed by atoms with E-state index in [9.17, 15) is 0 Å². The largest absolute Gasteiger partial charge is 0.317 e. The van der Waals surface area contributed by atoms with Crippen LogP contribution in [-0.2, 0) is 0 Å². The highest BCUT2D eigenvalue weighted by Crippen LogP contribution is 2.30. The Morgan fingerprint density at radius 1 is 1.28 bits per heavy atom. The van der Waals surface area contributed by atoms with E-state index in [-0.39, 0.29) is 0 Å². The summed E-state index contributed by atoms with van der Waals surface area (Å²) in [6, 6.07) is 0. The fourth-order valence-electron chi connectivity index (χ4n) is 3.13. The van der Waals surface area contributed by atoms with Crippen molar-refractivity contribution in [2.24, 2.45) is 11.3 Å². The van der Waals surface area contributed by atoms with Gasteiger partial charge < -0.3 is 5.32 Å². The number of rotatable bonds is 3. The fraction of sp³-hybridized carbons (Fsp3) is 0.875. The Hall–Kier alpha value is -0.340. The summed E-state index contributed by atoms with van der Waals surface area (Å²) in [5.41, 5.74) is 2.03. The molecule has 2 aliphatic rings. The monoisotopic (exact) mass is 250 g/mol. The lowest BCUT2D eigenvalue weighted by molar-refractivity contribution is 0.240. The minimum atomic E-state index is 0.376. The maximum atomic E-state index is 3.45. The molecule has 0 aromatic carbocycles. The van der Waals surface area contributed by atoms with Crippen molar-refractivity contribution in [2.45, 2.75) is 46.5 Å². The summed E-state index contributed by atoms with van der Waals surface area (Å²) in [5.74, 6) is 0.972. The van der Waals surface area contributed by atoms with Gasteiger partial charge in [0.15, 0.2) is 0 Å². The van der Waals surface area contributed by atoms with Gasteiger partial charge in [-0.1, -0.05) is 32.4 Å². The summed E-state index contributed by atoms with van der Waals surface area (Å²) >= 11 is 0. The number of hydrogen-bond donors (Lipinski definition) is 1. The molecule has 0 spiro atoms. The zero-order chi connectivity index (χ0) is 13.0. The molecule has 1 saturated heterocycles. The van der Waals surface area contributed by atoms with Gasteiger partial charge in [-0.15, -0.1) is 0 Å². The van der Waals surface area contributed by atoms with E-state index in [0.29, 0.717) is 5.41 Å². The van der Waals surface area contributed by atoms with Crippen LogP contribution in [0.3, 0.4) is 0 Å². The molecule has 0 radical (unpaired) electrons. The van der Waals surface area contributed by atoms with E-state index in [2.05, 4.69) is 37.1 Å². The van der Waals surface area contributed by atoms with Gasteiger partial charge in [0.1, 0.15) is 0 Å². The van der Waals surface area contributed by atoms with Gasteiger partial charge in [0, 0.05) is 13.1 Å². The lowest BCUT2D eigenvalue weighted by Crippen LogP contribution is -2.34. The van der Waals surface area contributed by atoms with Crippen molar-refractivity contribution in [1.82, 2.24) is 10.2 Å². The van der Waals surface area contributed by atoms with Crippen LogP contribution in [0.15, 0.2) is 11.6 Å². The minimum absolute atomic E-state index is 0.376. The molecule has 2 rings (SSSR count). The molecule has 2 aliphatic heterocycles. The molecule has 1 N–H and O–H groups in total. The topological polar surface area (TPSA) is 15.3 Å². The summed E-state index contributed by atoms with van der Waals surface area (Å²) in [6.45, 7) is 13.2. The van der Waals surface area contributed by atoms with Crippen molar-refractivity contribution in [3.8, 4) is 0 Å². The second-order valence-corrected chi connectivity index (χ2v) is 7.01. The van der Waals surface area contributed by atoms with E-state index >= 15 is 0 Å². The van der Waals surface area contributed by atoms with Crippen LogP contribution in [-0.4, -0.2) is 37.6 Å². The Balaban J connectivity index is 1.71. The fourth-order valence-corrected chi connectivity index (χ4v) is 3.13. The molecular formula is C16H30N2. The number of hydrogen-bond acceptors (Lipinski definition) is 2. The Morgan fingerprint density at radius 3 is 2.56 bits per heavy atom. The minimum Gasteiger partial charge on any atom is -0.317 e. The first-order valence-corrected chi connectivity index (χ1v) is 7.68. The van der Waals surface area contributed by atoms with Crippen molar-refractivity contribution >= 4 is 0 Å². The van der Waals surface area contributed by atoms with Crippen molar-refractivity contribution < 1.29 is 0 Å². The molecule has 0 amide bonds. The van der Waals surface area contributed by atoms with Crippen LogP contribution >= 0.6 is 0 Å². The zero-order valence-corrected chi connectivity index (χ0v) is 12.5. The number of nitrogens with zero attached hydrogens (tertiary/aromatic N) is 1. The molecule has 2 heterocycles. The van der Waals surface area contributed by atoms with E-state index in [1.165, 1.54) is 58.4 Å². The van der Waals surface area contributed by atoms with Crippen LogP contribution in [0.25, 0.3) is 0 Å². The van der Waals surface area contributed by atoms with Crippen LogP contribution in [0.4, 0.5) is 0 Å². The van der Waals surface area contributed by atoms with Crippen LogP contribution in [0.1, 0.15) is 46.5 Å². The van der Waals surface area contributed by atoms with Gasteiger partial charge in [0.2, 0.25) is 0 Å². The Labute approximate surface area is 113 Å². The van der Waals surface area contributed by atoms with Gasteiger partial charge in [-0.25, -0.2) is 0 Å². The van der Waals surface area contributed by atoms with Gasteiger partial charge in [-0.2, -0.15) is 0 Å². The molecule has 0 unspecified atom stereocenters. The average Bonchev–Trinajstić information content (AvgIpc) is 2.37. The predicted octanol–water partition coefficient (Wildman–Crippen LogP) is 3.05. The maximum absolute atomic E-state index is 3.45. The standard InChI is InChI=1S/C16H30N2/c1-16(2,3)15-7-12-18(13-8-15)11-6-14-4-9-17-10-5-14/h7,14,17H,4-6,8-13H2,1-3H3. The summed E-state index contributed by atoms with van der Waals surface area (Å²) in [5, 5.41) is 3.45. The predicted molar refractivity (Wildman–Crippen MR) is 78.8 cm³/mol. The van der Waals surface area contributed by atoms with Gasteiger partial charge >= 0.3 is 0 Å². The average molecular weight is 250 g/mol. The van der Waals surface area contributed by atoms with Crippen LogP contribution < -0.4 is 5.32 Å². The normalized spacial score (nSPS) is 24.1. The van der Waals surface area contributed by atoms with Gasteiger partial charge in [-0.3, -0.25) is 4.90 Å². The highest BCUT2D eigenvalue weighted by Gasteiger charge is 2.21. The second kappa shape index (κ2) is 6.21. The van der Waals surface area contributed by atoms with Crippen molar-refractivity contribution in [2.75, 3.05) is 32.7 Å². The number of piperidine rings is 1. The Bertz CT molecular complexity index is 282. The second-order valence-electron chi connectivity index (χ2n) is 7.01. The highest BCUT2D eigenvalue weighted by molar-refractivity contribution is 5.14. The lowest BCUT2D eigenvalue weighted by Gasteiger charge is -2.33. The Kier molecular flexibility index (Phi) is 4.85. The molecule has 0 aliphatic carbocycles. The molecule has 0 atom stereocenters. The van der Waals surface area contributed by atoms with E-state index in [1.54, 1.807) is 5.57 Å². The summed E-state index contributed by atoms with van der Waals surface area (Å²) in [7, 11) is 0. The molecule has 0 aromatic heterocycles. The van der Waals surface area contributed by atoms with Crippen LogP contribution in [0.2, 0.25) is 0 Å². The summed E-state index contributed by atoms with van der Waals surface area (Å²) in [4.78, 5) is 2.64. The van der Waals surface area contributed by atoms with Crippen LogP contribution in [0.5, 0.6) is 0 Å². The van der Waals surface area contributed by atoms with Crippen molar-refractivity contribution in [3.63, 3.8) is 0 Å². The van der Waals surface area contributed by atoms with Crippen molar-refractivity contribution in [3.05, 3.63) is 11.6 Å². The molecule has 1 fully saturated rings. The molecular weight excluding hydrogens is 220 g/mol. The maximum Gasteiger partial charge on any atom is 0.0166 e. The zero-order valence-electron chi connectivity index (χ0n) is 12.5. The van der Waals surface area contributed by atoms with E-state index in [0.717, 1.165) is 5.92 Å².